The minimum Gasteiger partial charge on any atom is -0.370 e. The van der Waals surface area contributed by atoms with Gasteiger partial charge in [0.15, 0.2) is 10.8 Å². The number of thioether (sulfide) groups is 1. The van der Waals surface area contributed by atoms with Crippen molar-refractivity contribution in [3.63, 3.8) is 0 Å². The maximum absolute atomic E-state index is 12.4. The number of benzene rings is 2. The van der Waals surface area contributed by atoms with Crippen molar-refractivity contribution in [2.75, 3.05) is 25.9 Å². The third-order valence-electron chi connectivity index (χ3n) is 7.08. The van der Waals surface area contributed by atoms with Crippen LogP contribution in [-0.4, -0.2) is 57.6 Å². The molecule has 8 nitrogen and oxygen atoms in total. The molecule has 1 aliphatic rings. The molecule has 0 bridgehead atoms. The van der Waals surface area contributed by atoms with Crippen molar-refractivity contribution in [3.05, 3.63) is 72.4 Å². The molecule has 9 heteroatoms. The van der Waals surface area contributed by atoms with E-state index < -0.39 is 5.91 Å². The summed E-state index contributed by atoms with van der Waals surface area (Å²) in [6, 6.07) is 21.0. The molecule has 0 aliphatic carbocycles. The average molecular weight is 541 g/mol. The number of likely N-dealkylation sites (tertiary alicyclic amines) is 1. The quantitative estimate of drug-likeness (QED) is 0.241. The molecule has 4 aromatic rings. The molecule has 200 valence electrons. The third kappa shape index (κ3) is 6.61. The fourth-order valence-electron chi connectivity index (χ4n) is 4.94. The fourth-order valence-corrected chi connectivity index (χ4v) is 5.27. The Hall–Kier alpha value is -3.82. The number of rotatable bonds is 9. The van der Waals surface area contributed by atoms with Gasteiger partial charge in [-0.25, -0.2) is 15.0 Å². The molecule has 0 unspecified atom stereocenters. The Morgan fingerprint density at radius 2 is 1.77 bits per heavy atom. The van der Waals surface area contributed by atoms with Crippen LogP contribution in [0.1, 0.15) is 24.8 Å². The van der Waals surface area contributed by atoms with Crippen LogP contribution in [0.2, 0.25) is 0 Å². The van der Waals surface area contributed by atoms with Gasteiger partial charge < -0.3 is 11.1 Å². The normalized spacial score (nSPS) is 14.4. The minimum absolute atomic E-state index is 0.0117. The van der Waals surface area contributed by atoms with E-state index in [9.17, 15) is 9.59 Å². The summed E-state index contributed by atoms with van der Waals surface area (Å²) >= 11 is 1.50. The summed E-state index contributed by atoms with van der Waals surface area (Å²) in [5.74, 6) is -0.392. The molecule has 3 heterocycles. The van der Waals surface area contributed by atoms with Crippen LogP contribution in [0.4, 0.5) is 0 Å². The number of nitrogens with one attached hydrogen (secondary N) is 1. The molecular formula is C30H32N6O2S. The Balaban J connectivity index is 1.30. The van der Waals surface area contributed by atoms with Gasteiger partial charge in [0, 0.05) is 48.1 Å². The lowest BCUT2D eigenvalue weighted by atomic mass is 9.95. The summed E-state index contributed by atoms with van der Waals surface area (Å²) in [7, 11) is 0. The van der Waals surface area contributed by atoms with Crippen LogP contribution in [0.3, 0.4) is 0 Å². The largest absolute Gasteiger partial charge is 0.370 e. The number of primary amides is 1. The van der Waals surface area contributed by atoms with Gasteiger partial charge >= 0.3 is 0 Å². The van der Waals surface area contributed by atoms with Crippen molar-refractivity contribution in [2.24, 2.45) is 11.7 Å². The monoisotopic (exact) mass is 540 g/mol. The molecule has 0 saturated carbocycles. The average Bonchev–Trinajstić information content (AvgIpc) is 2.97. The van der Waals surface area contributed by atoms with Crippen LogP contribution in [0.5, 0.6) is 0 Å². The lowest BCUT2D eigenvalue weighted by Crippen LogP contribution is -2.40. The van der Waals surface area contributed by atoms with Crippen LogP contribution in [-0.2, 0) is 16.1 Å². The molecule has 1 aliphatic heterocycles. The number of carbonyl (C=O) groups is 2. The molecule has 0 atom stereocenters. The number of amides is 2. The second-order valence-electron chi connectivity index (χ2n) is 9.77. The Morgan fingerprint density at radius 3 is 2.46 bits per heavy atom. The molecule has 2 amide bonds. The molecule has 1 fully saturated rings. The molecule has 2 aromatic heterocycles. The minimum atomic E-state index is -0.400. The van der Waals surface area contributed by atoms with Gasteiger partial charge in [-0.2, -0.15) is 0 Å². The number of nitrogens with zero attached hydrogens (tertiary/aromatic N) is 4. The molecule has 0 spiro atoms. The van der Waals surface area contributed by atoms with Crippen LogP contribution in [0.25, 0.3) is 33.4 Å². The maximum atomic E-state index is 12.4. The van der Waals surface area contributed by atoms with Crippen LogP contribution in [0.15, 0.2) is 72.0 Å². The molecular weight excluding hydrogens is 508 g/mol. The zero-order valence-corrected chi connectivity index (χ0v) is 22.8. The summed E-state index contributed by atoms with van der Waals surface area (Å²) in [6.45, 7) is 2.86. The number of hydrogen-bond donors (Lipinski definition) is 2. The predicted octanol–water partition coefficient (Wildman–Crippen LogP) is 4.28. The van der Waals surface area contributed by atoms with E-state index in [4.69, 9.17) is 10.7 Å². The highest BCUT2D eigenvalue weighted by atomic mass is 32.2. The van der Waals surface area contributed by atoms with Gasteiger partial charge in [-0.15, -0.1) is 0 Å². The number of nitrogens with two attached hydrogens (primary N) is 1. The zero-order valence-electron chi connectivity index (χ0n) is 22.0. The van der Waals surface area contributed by atoms with Crippen molar-refractivity contribution in [2.45, 2.75) is 31.0 Å². The number of aromatic nitrogens is 3. The highest BCUT2D eigenvalue weighted by Gasteiger charge is 2.25. The van der Waals surface area contributed by atoms with Gasteiger partial charge in [0.1, 0.15) is 0 Å². The summed E-state index contributed by atoms with van der Waals surface area (Å²) in [6.07, 6.45) is 5.59. The smallest absolute Gasteiger partial charge is 0.223 e. The maximum Gasteiger partial charge on any atom is 0.223 e. The zero-order chi connectivity index (χ0) is 27.2. The van der Waals surface area contributed by atoms with E-state index in [0.29, 0.717) is 17.3 Å². The highest BCUT2D eigenvalue weighted by Crippen LogP contribution is 2.33. The van der Waals surface area contributed by atoms with E-state index >= 15 is 0 Å². The second-order valence-corrected chi connectivity index (χ2v) is 10.5. The van der Waals surface area contributed by atoms with Gasteiger partial charge in [0.05, 0.1) is 5.69 Å². The van der Waals surface area contributed by atoms with E-state index in [2.05, 4.69) is 62.6 Å². The fraction of sp³-hybridized carbons (Fsp3) is 0.300. The number of hydrogen-bond acceptors (Lipinski definition) is 7. The molecule has 1 saturated heterocycles. The third-order valence-corrected chi connectivity index (χ3v) is 7.64. The second kappa shape index (κ2) is 12.4. The molecule has 39 heavy (non-hydrogen) atoms. The first kappa shape index (κ1) is 26.8. The highest BCUT2D eigenvalue weighted by molar-refractivity contribution is 7.98. The van der Waals surface area contributed by atoms with Crippen molar-refractivity contribution >= 4 is 34.6 Å². The number of pyridine rings is 1. The van der Waals surface area contributed by atoms with Gasteiger partial charge in [-0.1, -0.05) is 66.4 Å². The first-order chi connectivity index (χ1) is 19.0. The SMILES string of the molecule is CSc1ncc2cc(-c3ccccc3)c(-c3ccc(CN4CCC(C(=O)NCCC(N)=O)CC4)cc3)nc2n1. The Morgan fingerprint density at radius 1 is 1.03 bits per heavy atom. The van der Waals surface area contributed by atoms with Gasteiger partial charge in [-0.3, -0.25) is 14.5 Å². The van der Waals surface area contributed by atoms with Gasteiger partial charge in [0.25, 0.3) is 0 Å². The van der Waals surface area contributed by atoms with Crippen molar-refractivity contribution < 1.29 is 9.59 Å². The molecule has 5 rings (SSSR count). The van der Waals surface area contributed by atoms with E-state index in [1.54, 1.807) is 0 Å². The van der Waals surface area contributed by atoms with Crippen molar-refractivity contribution in [3.8, 4) is 22.4 Å². The molecule has 0 radical (unpaired) electrons. The predicted molar refractivity (Wildman–Crippen MR) is 155 cm³/mol. The van der Waals surface area contributed by atoms with Crippen LogP contribution < -0.4 is 11.1 Å². The lowest BCUT2D eigenvalue weighted by molar-refractivity contribution is -0.126. The molecule has 3 N–H and O–H groups in total. The van der Waals surface area contributed by atoms with E-state index in [0.717, 1.165) is 60.2 Å². The standard InChI is InChI=1S/C30H32N6O2S/c1-39-30-33-18-24-17-25(21-5-3-2-4-6-21)27(34-28(24)35-30)22-9-7-20(8-10-22)19-36-15-12-23(13-16-36)29(38)32-14-11-26(31)37/h2-10,17-18,23H,11-16,19H2,1H3,(H2,31,37)(H,32,38). The number of fused-ring (bicyclic) bond motifs is 1. The lowest BCUT2D eigenvalue weighted by Gasteiger charge is -2.31. The number of piperidine rings is 1. The molecule has 2 aromatic carbocycles. The Bertz CT molecular complexity index is 1450. The summed E-state index contributed by atoms with van der Waals surface area (Å²) in [4.78, 5) is 39.7. The van der Waals surface area contributed by atoms with Crippen molar-refractivity contribution in [1.82, 2.24) is 25.2 Å². The van der Waals surface area contributed by atoms with E-state index in [-0.39, 0.29) is 18.2 Å². The summed E-state index contributed by atoms with van der Waals surface area (Å²) in [5.41, 5.74) is 11.1. The van der Waals surface area contributed by atoms with Crippen molar-refractivity contribution in [1.29, 1.82) is 0 Å². The number of carbonyl (C=O) groups excluding carboxylic acids is 2. The Kier molecular flexibility index (Phi) is 8.48. The first-order valence-electron chi connectivity index (χ1n) is 13.1. The van der Waals surface area contributed by atoms with Crippen LogP contribution in [0, 0.1) is 5.92 Å². The van der Waals surface area contributed by atoms with Crippen LogP contribution >= 0.6 is 11.8 Å². The van der Waals surface area contributed by atoms with Gasteiger partial charge in [0.2, 0.25) is 11.8 Å². The Labute approximate surface area is 232 Å². The first-order valence-corrected chi connectivity index (χ1v) is 14.4. The van der Waals surface area contributed by atoms with E-state index in [1.165, 1.54) is 17.3 Å². The van der Waals surface area contributed by atoms with Gasteiger partial charge in [-0.05, 0) is 49.4 Å². The summed E-state index contributed by atoms with van der Waals surface area (Å²) in [5, 5.41) is 4.45. The summed E-state index contributed by atoms with van der Waals surface area (Å²) < 4.78 is 0. The topological polar surface area (TPSA) is 114 Å². The van der Waals surface area contributed by atoms with E-state index in [1.807, 2.05) is 30.7 Å².